The van der Waals surface area contributed by atoms with Crippen molar-refractivity contribution in [2.75, 3.05) is 6.54 Å². The van der Waals surface area contributed by atoms with Gasteiger partial charge < -0.3 is 11.1 Å². The van der Waals surface area contributed by atoms with Gasteiger partial charge in [-0.2, -0.15) is 0 Å². The summed E-state index contributed by atoms with van der Waals surface area (Å²) in [6.07, 6.45) is 6.50. The van der Waals surface area contributed by atoms with Gasteiger partial charge in [0.25, 0.3) is 0 Å². The molecule has 1 aliphatic carbocycles. The minimum Gasteiger partial charge on any atom is -0.369 e. The lowest BCUT2D eigenvalue weighted by atomic mass is 9.84. The molecule has 0 heterocycles. The minimum absolute atomic E-state index is 0.0318. The Hall–Kier alpha value is -0.830. The van der Waals surface area contributed by atoms with Gasteiger partial charge in [-0.3, -0.25) is 4.79 Å². The second-order valence-corrected chi connectivity index (χ2v) is 4.59. The van der Waals surface area contributed by atoms with Gasteiger partial charge in [0.2, 0.25) is 5.91 Å². The molecule has 0 spiro atoms. The van der Waals surface area contributed by atoms with E-state index in [1.165, 1.54) is 12.0 Å². The fourth-order valence-corrected chi connectivity index (χ4v) is 2.13. The molecule has 0 aromatic heterocycles. The molecule has 0 aromatic rings. The molecular weight excluding hydrogens is 188 g/mol. The van der Waals surface area contributed by atoms with Gasteiger partial charge in [0, 0.05) is 12.6 Å². The first-order valence-corrected chi connectivity index (χ1v) is 5.77. The number of hydrogen-bond acceptors (Lipinski definition) is 2. The zero-order valence-corrected chi connectivity index (χ0v) is 9.75. The highest BCUT2D eigenvalue weighted by Gasteiger charge is 2.28. The van der Waals surface area contributed by atoms with Crippen LogP contribution in [0.5, 0.6) is 0 Å². The molecule has 0 radical (unpaired) electrons. The van der Waals surface area contributed by atoms with Gasteiger partial charge in [-0.15, -0.1) is 0 Å². The Morgan fingerprint density at radius 3 is 2.67 bits per heavy atom. The maximum Gasteiger partial charge on any atom is 0.222 e. The van der Waals surface area contributed by atoms with E-state index < -0.39 is 0 Å². The van der Waals surface area contributed by atoms with E-state index in [1.54, 1.807) is 0 Å². The number of nitrogens with one attached hydrogen (secondary N) is 1. The van der Waals surface area contributed by atoms with Gasteiger partial charge in [-0.05, 0) is 26.7 Å². The Kier molecular flexibility index (Phi) is 4.82. The number of hydrogen-bond donors (Lipinski definition) is 2. The average Bonchev–Trinajstić information content (AvgIpc) is 2.17. The van der Waals surface area contributed by atoms with Crippen LogP contribution in [0.15, 0.2) is 11.6 Å². The first-order valence-electron chi connectivity index (χ1n) is 5.77. The summed E-state index contributed by atoms with van der Waals surface area (Å²) < 4.78 is 0. The van der Waals surface area contributed by atoms with E-state index in [1.807, 2.05) is 0 Å². The van der Waals surface area contributed by atoms with Crippen LogP contribution in [-0.2, 0) is 4.79 Å². The predicted octanol–water partition coefficient (Wildman–Crippen LogP) is 1.59. The third kappa shape index (κ3) is 4.04. The topological polar surface area (TPSA) is 55.1 Å². The van der Waals surface area contributed by atoms with Crippen molar-refractivity contribution in [2.45, 2.75) is 45.6 Å². The highest BCUT2D eigenvalue weighted by molar-refractivity contribution is 5.77. The molecule has 15 heavy (non-hydrogen) atoms. The lowest BCUT2D eigenvalue weighted by molar-refractivity contribution is -0.123. The molecule has 1 amide bonds. The van der Waals surface area contributed by atoms with E-state index in [-0.39, 0.29) is 17.9 Å². The summed E-state index contributed by atoms with van der Waals surface area (Å²) in [7, 11) is 0. The van der Waals surface area contributed by atoms with Crippen LogP contribution < -0.4 is 11.1 Å². The molecular formula is C12H22N2O. The molecule has 1 saturated carbocycles. The number of rotatable bonds is 4. The Labute approximate surface area is 92.1 Å². The Bertz CT molecular complexity index is 244. The second-order valence-electron chi connectivity index (χ2n) is 4.59. The van der Waals surface area contributed by atoms with Crippen LogP contribution in [0.3, 0.4) is 0 Å². The van der Waals surface area contributed by atoms with Crippen molar-refractivity contribution in [2.24, 2.45) is 11.7 Å². The van der Waals surface area contributed by atoms with Crippen LogP contribution >= 0.6 is 0 Å². The Balaban J connectivity index is 2.43. The quantitative estimate of drug-likeness (QED) is 0.692. The zero-order chi connectivity index (χ0) is 11.3. The smallest absolute Gasteiger partial charge is 0.222 e. The van der Waals surface area contributed by atoms with Crippen molar-refractivity contribution >= 4 is 5.91 Å². The third-order valence-corrected chi connectivity index (χ3v) is 3.02. The highest BCUT2D eigenvalue weighted by Crippen LogP contribution is 2.23. The molecule has 3 heteroatoms. The molecule has 1 aliphatic rings. The summed E-state index contributed by atoms with van der Waals surface area (Å²) in [6.45, 7) is 5.00. The van der Waals surface area contributed by atoms with Crippen LogP contribution in [0.1, 0.15) is 39.5 Å². The molecule has 3 nitrogen and oxygen atoms in total. The van der Waals surface area contributed by atoms with Crippen molar-refractivity contribution in [3.8, 4) is 0 Å². The molecule has 0 unspecified atom stereocenters. The molecule has 1 fully saturated rings. The zero-order valence-electron chi connectivity index (χ0n) is 9.75. The SMILES string of the molecule is CC(C)=CCN[C@H]1CCCC[C@@H]1C(N)=O. The molecule has 3 N–H and O–H groups in total. The molecule has 0 saturated heterocycles. The lowest BCUT2D eigenvalue weighted by Crippen LogP contribution is -2.44. The predicted molar refractivity (Wildman–Crippen MR) is 62.4 cm³/mol. The molecule has 2 atom stereocenters. The van der Waals surface area contributed by atoms with Crippen molar-refractivity contribution in [3.05, 3.63) is 11.6 Å². The average molecular weight is 210 g/mol. The van der Waals surface area contributed by atoms with E-state index in [4.69, 9.17) is 5.73 Å². The van der Waals surface area contributed by atoms with Gasteiger partial charge in [0.05, 0.1) is 5.92 Å². The summed E-state index contributed by atoms with van der Waals surface area (Å²) in [5.41, 5.74) is 6.69. The normalized spacial score (nSPS) is 26.0. The number of amides is 1. The number of nitrogens with two attached hydrogens (primary N) is 1. The Morgan fingerprint density at radius 1 is 1.40 bits per heavy atom. The number of carbonyl (C=O) groups is 1. The van der Waals surface area contributed by atoms with E-state index in [2.05, 4.69) is 25.2 Å². The Morgan fingerprint density at radius 2 is 2.07 bits per heavy atom. The van der Waals surface area contributed by atoms with E-state index in [9.17, 15) is 4.79 Å². The second kappa shape index (κ2) is 5.91. The van der Waals surface area contributed by atoms with Crippen molar-refractivity contribution in [1.29, 1.82) is 0 Å². The number of allylic oxidation sites excluding steroid dienone is 1. The van der Waals surface area contributed by atoms with Crippen LogP contribution in [0, 0.1) is 5.92 Å². The van der Waals surface area contributed by atoms with Crippen LogP contribution in [0.25, 0.3) is 0 Å². The molecule has 86 valence electrons. The summed E-state index contributed by atoms with van der Waals surface area (Å²) >= 11 is 0. The van der Waals surface area contributed by atoms with Crippen LogP contribution in [-0.4, -0.2) is 18.5 Å². The fourth-order valence-electron chi connectivity index (χ4n) is 2.13. The highest BCUT2D eigenvalue weighted by atomic mass is 16.1. The van der Waals surface area contributed by atoms with Crippen molar-refractivity contribution in [3.63, 3.8) is 0 Å². The minimum atomic E-state index is -0.149. The van der Waals surface area contributed by atoms with Crippen LogP contribution in [0.4, 0.5) is 0 Å². The summed E-state index contributed by atoms with van der Waals surface area (Å²) in [6, 6.07) is 0.284. The van der Waals surface area contributed by atoms with Crippen LogP contribution in [0.2, 0.25) is 0 Å². The molecule has 1 rings (SSSR count). The number of primary amides is 1. The van der Waals surface area contributed by atoms with Gasteiger partial charge in [-0.1, -0.05) is 24.5 Å². The summed E-state index contributed by atoms with van der Waals surface area (Å²) in [5.74, 6) is -0.117. The first-order chi connectivity index (χ1) is 7.11. The number of carbonyl (C=O) groups excluding carboxylic acids is 1. The lowest BCUT2D eigenvalue weighted by Gasteiger charge is -2.29. The first kappa shape index (κ1) is 12.2. The van der Waals surface area contributed by atoms with Gasteiger partial charge in [0.15, 0.2) is 0 Å². The summed E-state index contributed by atoms with van der Waals surface area (Å²) in [4.78, 5) is 11.2. The molecule has 0 aliphatic heterocycles. The maximum atomic E-state index is 11.2. The molecule has 0 aromatic carbocycles. The van der Waals surface area contributed by atoms with Gasteiger partial charge >= 0.3 is 0 Å². The molecule has 0 bridgehead atoms. The van der Waals surface area contributed by atoms with Gasteiger partial charge in [-0.25, -0.2) is 0 Å². The summed E-state index contributed by atoms with van der Waals surface area (Å²) in [5, 5.41) is 3.41. The van der Waals surface area contributed by atoms with E-state index in [0.717, 1.165) is 25.8 Å². The monoisotopic (exact) mass is 210 g/mol. The van der Waals surface area contributed by atoms with E-state index >= 15 is 0 Å². The van der Waals surface area contributed by atoms with Gasteiger partial charge in [0.1, 0.15) is 0 Å². The van der Waals surface area contributed by atoms with E-state index in [0.29, 0.717) is 0 Å². The maximum absolute atomic E-state index is 11.2. The van der Waals surface area contributed by atoms with Crippen molar-refractivity contribution in [1.82, 2.24) is 5.32 Å². The third-order valence-electron chi connectivity index (χ3n) is 3.02. The standard InChI is InChI=1S/C12H22N2O/c1-9(2)7-8-14-11-6-4-3-5-10(11)12(13)15/h7,10-11,14H,3-6,8H2,1-2H3,(H2,13,15)/t10-,11-/m0/s1. The fraction of sp³-hybridized carbons (Fsp3) is 0.750. The van der Waals surface area contributed by atoms with Crippen molar-refractivity contribution < 1.29 is 4.79 Å². The largest absolute Gasteiger partial charge is 0.369 e.